The summed E-state index contributed by atoms with van der Waals surface area (Å²) in [4.78, 5) is 22.4. The molecule has 0 bridgehead atoms. The van der Waals surface area contributed by atoms with Crippen LogP contribution in [0.2, 0.25) is 5.02 Å². The molecule has 0 radical (unpaired) electrons. The standard InChI is InChI=1S/C27H21ClN2O2/c1-4-14-32-22-12-13-24-23(16-22)25(19-10-8-18(9-11-19)17(2)3)30-27(29-24)26(31)20-6-5-7-21(28)15-20/h1,5-13,15-17H,14H2,2-3H3. The Bertz CT molecular complexity index is 1340. The van der Waals surface area contributed by atoms with Crippen LogP contribution < -0.4 is 4.74 Å². The summed E-state index contributed by atoms with van der Waals surface area (Å²) in [6.45, 7) is 4.45. The summed E-state index contributed by atoms with van der Waals surface area (Å²) < 4.78 is 5.59. The summed E-state index contributed by atoms with van der Waals surface area (Å²) in [6, 6.07) is 20.4. The number of nitrogens with zero attached hydrogens (tertiary/aromatic N) is 2. The fourth-order valence-electron chi connectivity index (χ4n) is 3.43. The van der Waals surface area contributed by atoms with Gasteiger partial charge in [-0.25, -0.2) is 9.97 Å². The minimum absolute atomic E-state index is 0.111. The maximum atomic E-state index is 13.1. The molecule has 1 aromatic heterocycles. The number of hydrogen-bond acceptors (Lipinski definition) is 4. The minimum atomic E-state index is -0.290. The van der Waals surface area contributed by atoms with Gasteiger partial charge in [0.05, 0.1) is 11.2 Å². The fraction of sp³-hybridized carbons (Fsp3) is 0.148. The van der Waals surface area contributed by atoms with Crippen LogP contribution in [0, 0.1) is 12.3 Å². The average molecular weight is 441 g/mol. The summed E-state index contributed by atoms with van der Waals surface area (Å²) in [6.07, 6.45) is 5.32. The van der Waals surface area contributed by atoms with Crippen LogP contribution in [-0.2, 0) is 0 Å². The van der Waals surface area contributed by atoms with Gasteiger partial charge in [-0.2, -0.15) is 0 Å². The van der Waals surface area contributed by atoms with Gasteiger partial charge in [-0.15, -0.1) is 6.42 Å². The number of halogens is 1. The van der Waals surface area contributed by atoms with E-state index >= 15 is 0 Å². The second kappa shape index (κ2) is 9.21. The Hall–Kier alpha value is -3.68. The second-order valence-electron chi connectivity index (χ2n) is 7.68. The lowest BCUT2D eigenvalue weighted by atomic mass is 9.99. The third-order valence-electron chi connectivity index (χ3n) is 5.13. The molecule has 0 atom stereocenters. The van der Waals surface area contributed by atoms with Gasteiger partial charge >= 0.3 is 0 Å². The van der Waals surface area contributed by atoms with Crippen molar-refractivity contribution < 1.29 is 9.53 Å². The summed E-state index contributed by atoms with van der Waals surface area (Å²) >= 11 is 6.08. The Morgan fingerprint density at radius 2 is 1.84 bits per heavy atom. The molecule has 0 saturated carbocycles. The Labute approximate surface area is 192 Å². The number of ether oxygens (including phenoxy) is 1. The summed E-state index contributed by atoms with van der Waals surface area (Å²) in [5.41, 5.74) is 3.84. The molecule has 0 N–H and O–H groups in total. The zero-order chi connectivity index (χ0) is 22.7. The maximum absolute atomic E-state index is 13.1. The van der Waals surface area contributed by atoms with Gasteiger partial charge in [0.15, 0.2) is 0 Å². The highest BCUT2D eigenvalue weighted by molar-refractivity contribution is 6.31. The van der Waals surface area contributed by atoms with Crippen molar-refractivity contribution in [3.05, 3.63) is 88.7 Å². The Kier molecular flexibility index (Phi) is 6.20. The molecule has 0 aliphatic heterocycles. The lowest BCUT2D eigenvalue weighted by Crippen LogP contribution is -2.09. The highest BCUT2D eigenvalue weighted by Gasteiger charge is 2.18. The molecular formula is C27H21ClN2O2. The first kappa shape index (κ1) is 21.5. The molecule has 4 nitrogen and oxygen atoms in total. The van der Waals surface area contributed by atoms with Crippen LogP contribution in [0.3, 0.4) is 0 Å². The monoisotopic (exact) mass is 440 g/mol. The normalized spacial score (nSPS) is 10.8. The number of carbonyl (C=O) groups excluding carboxylic acids is 1. The molecule has 158 valence electrons. The number of hydrogen-bond donors (Lipinski definition) is 0. The van der Waals surface area contributed by atoms with E-state index in [0.29, 0.717) is 33.5 Å². The predicted molar refractivity (Wildman–Crippen MR) is 128 cm³/mol. The van der Waals surface area contributed by atoms with Crippen molar-refractivity contribution in [3.8, 4) is 29.4 Å². The second-order valence-corrected chi connectivity index (χ2v) is 8.12. The predicted octanol–water partition coefficient (Wildman–Crippen LogP) is 6.32. The molecule has 0 amide bonds. The van der Waals surface area contributed by atoms with Gasteiger partial charge in [-0.3, -0.25) is 4.79 Å². The van der Waals surface area contributed by atoms with Crippen LogP contribution in [0.5, 0.6) is 5.75 Å². The lowest BCUT2D eigenvalue weighted by molar-refractivity contribution is 0.103. The van der Waals surface area contributed by atoms with Crippen molar-refractivity contribution in [2.24, 2.45) is 0 Å². The van der Waals surface area contributed by atoms with Gasteiger partial charge in [0.2, 0.25) is 11.6 Å². The molecule has 5 heteroatoms. The molecule has 4 aromatic rings. The van der Waals surface area contributed by atoms with E-state index in [9.17, 15) is 4.79 Å². The van der Waals surface area contributed by atoms with Crippen LogP contribution in [-0.4, -0.2) is 22.4 Å². The zero-order valence-electron chi connectivity index (χ0n) is 17.8. The van der Waals surface area contributed by atoms with Crippen molar-refractivity contribution in [1.29, 1.82) is 0 Å². The first-order valence-corrected chi connectivity index (χ1v) is 10.6. The summed E-state index contributed by atoms with van der Waals surface area (Å²) in [7, 11) is 0. The van der Waals surface area contributed by atoms with Crippen LogP contribution in [0.25, 0.3) is 22.2 Å². The van der Waals surface area contributed by atoms with Crippen LogP contribution in [0.1, 0.15) is 41.5 Å². The van der Waals surface area contributed by atoms with Crippen molar-refractivity contribution in [1.82, 2.24) is 9.97 Å². The van der Waals surface area contributed by atoms with Crippen LogP contribution in [0.15, 0.2) is 66.7 Å². The van der Waals surface area contributed by atoms with Crippen molar-refractivity contribution in [2.45, 2.75) is 19.8 Å². The van der Waals surface area contributed by atoms with E-state index in [1.54, 1.807) is 30.3 Å². The molecular weight excluding hydrogens is 420 g/mol. The Balaban J connectivity index is 1.88. The molecule has 3 aromatic carbocycles. The van der Waals surface area contributed by atoms with E-state index in [0.717, 1.165) is 10.9 Å². The quantitative estimate of drug-likeness (QED) is 0.260. The van der Waals surface area contributed by atoms with Crippen molar-refractivity contribution >= 4 is 28.3 Å². The largest absolute Gasteiger partial charge is 0.481 e. The minimum Gasteiger partial charge on any atom is -0.481 e. The Morgan fingerprint density at radius 3 is 2.53 bits per heavy atom. The van der Waals surface area contributed by atoms with Crippen molar-refractivity contribution in [2.75, 3.05) is 6.61 Å². The first-order valence-electron chi connectivity index (χ1n) is 10.2. The van der Waals surface area contributed by atoms with E-state index in [4.69, 9.17) is 22.8 Å². The van der Waals surface area contributed by atoms with E-state index in [1.165, 1.54) is 5.56 Å². The van der Waals surface area contributed by atoms with Crippen LogP contribution >= 0.6 is 11.6 Å². The summed E-state index contributed by atoms with van der Waals surface area (Å²) in [5, 5.41) is 1.26. The van der Waals surface area contributed by atoms with E-state index < -0.39 is 0 Å². The fourth-order valence-corrected chi connectivity index (χ4v) is 3.62. The third kappa shape index (κ3) is 4.49. The number of carbonyl (C=O) groups is 1. The lowest BCUT2D eigenvalue weighted by Gasteiger charge is -2.12. The molecule has 32 heavy (non-hydrogen) atoms. The first-order chi connectivity index (χ1) is 15.5. The number of rotatable bonds is 6. The number of aromatic nitrogens is 2. The van der Waals surface area contributed by atoms with Gasteiger partial charge in [0.1, 0.15) is 12.4 Å². The van der Waals surface area contributed by atoms with Gasteiger partial charge < -0.3 is 4.74 Å². The number of ketones is 1. The van der Waals surface area contributed by atoms with E-state index in [1.807, 2.05) is 24.3 Å². The molecule has 0 unspecified atom stereocenters. The van der Waals surface area contributed by atoms with Gasteiger partial charge in [-0.05, 0) is 41.8 Å². The van der Waals surface area contributed by atoms with Gasteiger partial charge in [-0.1, -0.05) is 67.8 Å². The van der Waals surface area contributed by atoms with Crippen molar-refractivity contribution in [3.63, 3.8) is 0 Å². The molecule has 0 aliphatic rings. The maximum Gasteiger partial charge on any atom is 0.230 e. The zero-order valence-corrected chi connectivity index (χ0v) is 18.6. The molecule has 1 heterocycles. The highest BCUT2D eigenvalue weighted by atomic mass is 35.5. The topological polar surface area (TPSA) is 52.1 Å². The molecule has 0 saturated heterocycles. The smallest absolute Gasteiger partial charge is 0.230 e. The average Bonchev–Trinajstić information content (AvgIpc) is 2.81. The molecule has 4 rings (SSSR count). The molecule has 0 fully saturated rings. The Morgan fingerprint density at radius 1 is 1.06 bits per heavy atom. The van der Waals surface area contributed by atoms with Crippen LogP contribution in [0.4, 0.5) is 0 Å². The van der Waals surface area contributed by atoms with Gasteiger partial charge in [0.25, 0.3) is 0 Å². The SMILES string of the molecule is C#CCOc1ccc2nc(C(=O)c3cccc(Cl)c3)nc(-c3ccc(C(C)C)cc3)c2c1. The molecule has 0 spiro atoms. The highest BCUT2D eigenvalue weighted by Crippen LogP contribution is 2.31. The number of terminal acetylenes is 1. The summed E-state index contributed by atoms with van der Waals surface area (Å²) in [5.74, 6) is 3.32. The molecule has 0 aliphatic carbocycles. The van der Waals surface area contributed by atoms with E-state index in [-0.39, 0.29) is 18.2 Å². The number of fused-ring (bicyclic) bond motifs is 1. The van der Waals surface area contributed by atoms with Gasteiger partial charge in [0, 0.05) is 21.5 Å². The van der Waals surface area contributed by atoms with E-state index in [2.05, 4.69) is 41.9 Å². The number of benzene rings is 3. The third-order valence-corrected chi connectivity index (χ3v) is 5.37.